The molecule has 2 aromatic heterocycles. The second kappa shape index (κ2) is 5.46. The molecule has 0 atom stereocenters. The van der Waals surface area contributed by atoms with Gasteiger partial charge in [-0.2, -0.15) is 0 Å². The predicted molar refractivity (Wildman–Crippen MR) is 88.0 cm³/mol. The maximum atomic E-state index is 12.0. The van der Waals surface area contributed by atoms with Crippen molar-refractivity contribution in [2.24, 2.45) is 0 Å². The molecule has 0 unspecified atom stereocenters. The zero-order chi connectivity index (χ0) is 15.0. The summed E-state index contributed by atoms with van der Waals surface area (Å²) in [6.45, 7) is 4.01. The number of esters is 1. The quantitative estimate of drug-likeness (QED) is 0.739. The molecule has 0 saturated carbocycles. The van der Waals surface area contributed by atoms with Gasteiger partial charge in [0, 0.05) is 0 Å². The smallest absolute Gasteiger partial charge is 0.341 e. The fourth-order valence-electron chi connectivity index (χ4n) is 2.17. The number of fused-ring (bicyclic) bond motifs is 1. The number of aromatic nitrogens is 1. The third-order valence-corrected chi connectivity index (χ3v) is 5.45. The molecule has 0 saturated heterocycles. The van der Waals surface area contributed by atoms with Gasteiger partial charge in [0.05, 0.1) is 27.3 Å². The molecular weight excluding hydrogens is 304 g/mol. The van der Waals surface area contributed by atoms with Crippen LogP contribution in [0.1, 0.15) is 22.8 Å². The summed E-state index contributed by atoms with van der Waals surface area (Å²) in [4.78, 5) is 17.6. The van der Waals surface area contributed by atoms with Gasteiger partial charge in [0.1, 0.15) is 10.0 Å². The molecule has 0 radical (unpaired) electrons. The molecule has 6 heteroatoms. The number of thiophene rings is 1. The van der Waals surface area contributed by atoms with Gasteiger partial charge in [-0.15, -0.1) is 22.7 Å². The molecule has 0 bridgehead atoms. The number of anilines is 1. The zero-order valence-electron chi connectivity index (χ0n) is 11.7. The summed E-state index contributed by atoms with van der Waals surface area (Å²) in [5.74, 6) is -0.365. The Bertz CT molecular complexity index is 787. The topological polar surface area (TPSA) is 65.2 Å². The number of carbonyl (C=O) groups is 1. The minimum absolute atomic E-state index is 0.337. The first-order chi connectivity index (χ1) is 10.1. The van der Waals surface area contributed by atoms with Crippen molar-refractivity contribution < 1.29 is 9.53 Å². The summed E-state index contributed by atoms with van der Waals surface area (Å²) in [7, 11) is 0. The zero-order valence-corrected chi connectivity index (χ0v) is 13.3. The average Bonchev–Trinajstić information content (AvgIpc) is 3.00. The summed E-state index contributed by atoms with van der Waals surface area (Å²) >= 11 is 2.99. The Kier molecular flexibility index (Phi) is 3.65. The molecule has 2 heterocycles. The van der Waals surface area contributed by atoms with E-state index in [1.54, 1.807) is 18.3 Å². The molecule has 3 aromatic rings. The third kappa shape index (κ3) is 2.41. The lowest BCUT2D eigenvalue weighted by atomic mass is 10.1. The Labute approximate surface area is 130 Å². The fraction of sp³-hybridized carbons (Fsp3) is 0.200. The summed E-state index contributed by atoms with van der Waals surface area (Å²) in [6, 6.07) is 7.97. The van der Waals surface area contributed by atoms with Gasteiger partial charge < -0.3 is 10.5 Å². The molecule has 2 N–H and O–H groups in total. The van der Waals surface area contributed by atoms with Crippen LogP contribution in [0.4, 0.5) is 5.00 Å². The van der Waals surface area contributed by atoms with Crippen LogP contribution in [0.2, 0.25) is 0 Å². The van der Waals surface area contributed by atoms with E-state index >= 15 is 0 Å². The van der Waals surface area contributed by atoms with E-state index in [1.807, 2.05) is 31.2 Å². The highest BCUT2D eigenvalue weighted by Crippen LogP contribution is 2.41. The molecule has 0 aliphatic rings. The number of para-hydroxylation sites is 1. The normalized spacial score (nSPS) is 11.0. The van der Waals surface area contributed by atoms with E-state index in [0.29, 0.717) is 17.2 Å². The van der Waals surface area contributed by atoms with Crippen LogP contribution in [0.3, 0.4) is 0 Å². The van der Waals surface area contributed by atoms with Gasteiger partial charge in [-0.1, -0.05) is 12.1 Å². The number of nitrogen functional groups attached to an aromatic ring is 1. The van der Waals surface area contributed by atoms with Crippen molar-refractivity contribution in [1.29, 1.82) is 0 Å². The Morgan fingerprint density at radius 3 is 2.81 bits per heavy atom. The number of carbonyl (C=O) groups excluding carboxylic acids is 1. The number of thiazole rings is 1. The Morgan fingerprint density at radius 2 is 2.10 bits per heavy atom. The van der Waals surface area contributed by atoms with Crippen LogP contribution in [-0.2, 0) is 4.74 Å². The predicted octanol–water partition coefficient (Wildman–Crippen LogP) is 4.09. The molecule has 0 amide bonds. The lowest BCUT2D eigenvalue weighted by Crippen LogP contribution is -2.07. The number of ether oxygens (including phenoxy) is 1. The maximum absolute atomic E-state index is 12.0. The molecule has 0 aliphatic heterocycles. The number of rotatable bonds is 3. The highest BCUT2D eigenvalue weighted by molar-refractivity contribution is 7.27. The van der Waals surface area contributed by atoms with Crippen LogP contribution in [-0.4, -0.2) is 17.6 Å². The van der Waals surface area contributed by atoms with Crippen molar-refractivity contribution in [2.45, 2.75) is 13.8 Å². The van der Waals surface area contributed by atoms with Gasteiger partial charge in [0.2, 0.25) is 0 Å². The Hall–Kier alpha value is -1.92. The van der Waals surface area contributed by atoms with Gasteiger partial charge in [-0.3, -0.25) is 0 Å². The standard InChI is InChI=1S/C15H14N2O2S2/c1-3-19-15(18)11-8(2)12(21-13(11)16)14-17-9-6-4-5-7-10(9)20-14/h4-7H,3,16H2,1-2H3. The van der Waals surface area contributed by atoms with E-state index in [1.165, 1.54) is 11.3 Å². The second-order valence-electron chi connectivity index (χ2n) is 4.50. The van der Waals surface area contributed by atoms with E-state index in [-0.39, 0.29) is 5.97 Å². The van der Waals surface area contributed by atoms with Gasteiger partial charge in [0.15, 0.2) is 0 Å². The summed E-state index contributed by atoms with van der Waals surface area (Å²) in [5, 5.41) is 1.38. The SMILES string of the molecule is CCOC(=O)c1c(N)sc(-c2nc3ccccc3s2)c1C. The molecule has 108 valence electrons. The molecule has 0 fully saturated rings. The van der Waals surface area contributed by atoms with Crippen LogP contribution in [0, 0.1) is 6.92 Å². The molecule has 0 spiro atoms. The molecule has 21 heavy (non-hydrogen) atoms. The second-order valence-corrected chi connectivity index (χ2v) is 6.59. The van der Waals surface area contributed by atoms with Crippen molar-refractivity contribution in [3.8, 4) is 9.88 Å². The number of nitrogens with two attached hydrogens (primary N) is 1. The van der Waals surface area contributed by atoms with E-state index in [2.05, 4.69) is 4.98 Å². The number of hydrogen-bond donors (Lipinski definition) is 1. The van der Waals surface area contributed by atoms with Crippen molar-refractivity contribution in [3.63, 3.8) is 0 Å². The van der Waals surface area contributed by atoms with Crippen molar-refractivity contribution in [3.05, 3.63) is 35.4 Å². The molecule has 0 aliphatic carbocycles. The van der Waals surface area contributed by atoms with Gasteiger partial charge in [-0.05, 0) is 31.5 Å². The summed E-state index contributed by atoms with van der Waals surface area (Å²) < 4.78 is 6.19. The van der Waals surface area contributed by atoms with Gasteiger partial charge >= 0.3 is 5.97 Å². The minimum atomic E-state index is -0.365. The summed E-state index contributed by atoms with van der Waals surface area (Å²) in [5.41, 5.74) is 8.27. The van der Waals surface area contributed by atoms with Crippen LogP contribution < -0.4 is 5.73 Å². The highest BCUT2D eigenvalue weighted by Gasteiger charge is 2.22. The first-order valence-electron chi connectivity index (χ1n) is 6.53. The van der Waals surface area contributed by atoms with Crippen LogP contribution >= 0.6 is 22.7 Å². The molecule has 3 rings (SSSR count). The first-order valence-corrected chi connectivity index (χ1v) is 8.17. The maximum Gasteiger partial charge on any atom is 0.341 e. The number of hydrogen-bond acceptors (Lipinski definition) is 6. The first kappa shape index (κ1) is 14.0. The van der Waals surface area contributed by atoms with Crippen LogP contribution in [0.15, 0.2) is 24.3 Å². The minimum Gasteiger partial charge on any atom is -0.462 e. The average molecular weight is 318 g/mol. The lowest BCUT2D eigenvalue weighted by molar-refractivity contribution is 0.0527. The fourth-order valence-corrected chi connectivity index (χ4v) is 4.33. The Morgan fingerprint density at radius 1 is 1.33 bits per heavy atom. The van der Waals surface area contributed by atoms with E-state index in [9.17, 15) is 4.79 Å². The largest absolute Gasteiger partial charge is 0.462 e. The number of nitrogens with zero attached hydrogens (tertiary/aromatic N) is 1. The van der Waals surface area contributed by atoms with Crippen molar-refractivity contribution >= 4 is 43.9 Å². The lowest BCUT2D eigenvalue weighted by Gasteiger charge is -2.02. The van der Waals surface area contributed by atoms with Crippen molar-refractivity contribution in [1.82, 2.24) is 4.98 Å². The van der Waals surface area contributed by atoms with Gasteiger partial charge in [0.25, 0.3) is 0 Å². The van der Waals surface area contributed by atoms with E-state index < -0.39 is 0 Å². The number of benzene rings is 1. The van der Waals surface area contributed by atoms with Crippen LogP contribution in [0.25, 0.3) is 20.1 Å². The Balaban J connectivity index is 2.10. The monoisotopic (exact) mass is 318 g/mol. The van der Waals surface area contributed by atoms with E-state index in [4.69, 9.17) is 10.5 Å². The molecular formula is C15H14N2O2S2. The van der Waals surface area contributed by atoms with E-state index in [0.717, 1.165) is 25.7 Å². The third-order valence-electron chi connectivity index (χ3n) is 3.14. The molecule has 1 aromatic carbocycles. The van der Waals surface area contributed by atoms with Crippen molar-refractivity contribution in [2.75, 3.05) is 12.3 Å². The summed E-state index contributed by atoms with van der Waals surface area (Å²) in [6.07, 6.45) is 0. The van der Waals surface area contributed by atoms with Gasteiger partial charge in [-0.25, -0.2) is 9.78 Å². The highest BCUT2D eigenvalue weighted by atomic mass is 32.1. The molecule has 4 nitrogen and oxygen atoms in total. The van der Waals surface area contributed by atoms with Crippen LogP contribution in [0.5, 0.6) is 0 Å².